The van der Waals surface area contributed by atoms with Gasteiger partial charge in [-0.3, -0.25) is 4.99 Å². The fraction of sp³-hybridized carbons (Fsp3) is 0.167. The van der Waals surface area contributed by atoms with E-state index in [4.69, 9.17) is 37.7 Å². The number of benzene rings is 4. The molecule has 0 aliphatic carbocycles. The van der Waals surface area contributed by atoms with Crippen molar-refractivity contribution in [3.8, 4) is 11.5 Å². The van der Waals surface area contributed by atoms with Crippen molar-refractivity contribution in [3.05, 3.63) is 118 Å². The van der Waals surface area contributed by atoms with Crippen LogP contribution in [0.1, 0.15) is 35.0 Å². The molecule has 0 radical (unpaired) electrons. The highest BCUT2D eigenvalue weighted by Gasteiger charge is 2.44. The molecule has 0 aromatic heterocycles. The topological polar surface area (TPSA) is 30.8 Å². The maximum Gasteiger partial charge on any atom is 0.134 e. The Kier molecular flexibility index (Phi) is 6.43. The molecule has 4 aromatic carbocycles. The number of aliphatic imine (C=N–C) groups is 1. The maximum atomic E-state index is 6.73. The Morgan fingerprint density at radius 1 is 0.861 bits per heavy atom. The van der Waals surface area contributed by atoms with Gasteiger partial charge in [0.1, 0.15) is 17.6 Å². The minimum atomic E-state index is -0.229. The van der Waals surface area contributed by atoms with E-state index in [0.29, 0.717) is 16.7 Å². The van der Waals surface area contributed by atoms with Crippen molar-refractivity contribution in [2.24, 2.45) is 10.9 Å². The lowest BCUT2D eigenvalue weighted by atomic mass is 9.80. The molecule has 2 aliphatic heterocycles. The summed E-state index contributed by atoms with van der Waals surface area (Å²) < 4.78 is 12.6. The first kappa shape index (κ1) is 23.5. The van der Waals surface area contributed by atoms with Gasteiger partial charge >= 0.3 is 0 Å². The van der Waals surface area contributed by atoms with E-state index in [9.17, 15) is 0 Å². The second kappa shape index (κ2) is 9.85. The molecule has 0 N–H and O–H groups in total. The molecule has 4 aromatic rings. The fourth-order valence-electron chi connectivity index (χ4n) is 4.90. The minimum Gasteiger partial charge on any atom is -0.494 e. The zero-order valence-corrected chi connectivity index (χ0v) is 21.9. The highest BCUT2D eigenvalue weighted by molar-refractivity contribution is 7.99. The Morgan fingerprint density at radius 3 is 2.42 bits per heavy atom. The molecule has 0 bridgehead atoms. The van der Waals surface area contributed by atoms with Gasteiger partial charge in [0.05, 0.1) is 23.9 Å². The van der Waals surface area contributed by atoms with Gasteiger partial charge in [0, 0.05) is 25.8 Å². The summed E-state index contributed by atoms with van der Waals surface area (Å²) in [6, 6.07) is 30.4. The number of nitrogens with zero attached hydrogens (tertiary/aromatic N) is 1. The zero-order chi connectivity index (χ0) is 24.6. The van der Waals surface area contributed by atoms with Crippen LogP contribution < -0.4 is 9.47 Å². The zero-order valence-electron chi connectivity index (χ0n) is 19.5. The summed E-state index contributed by atoms with van der Waals surface area (Å²) in [5.41, 5.74) is 5.09. The van der Waals surface area contributed by atoms with Crippen LogP contribution in [-0.2, 0) is 0 Å². The molecule has 0 fully saturated rings. The largest absolute Gasteiger partial charge is 0.494 e. The lowest BCUT2D eigenvalue weighted by Crippen LogP contribution is -2.35. The summed E-state index contributed by atoms with van der Waals surface area (Å²) in [4.78, 5) is 6.36. The van der Waals surface area contributed by atoms with E-state index >= 15 is 0 Å². The van der Waals surface area contributed by atoms with E-state index in [1.54, 1.807) is 11.8 Å². The van der Waals surface area contributed by atoms with Gasteiger partial charge in [0.25, 0.3) is 0 Å². The predicted octanol–water partition coefficient (Wildman–Crippen LogP) is 9.11. The third kappa shape index (κ3) is 4.39. The first-order valence-corrected chi connectivity index (χ1v) is 13.5. The van der Waals surface area contributed by atoms with E-state index in [1.807, 2.05) is 55.5 Å². The fourth-order valence-corrected chi connectivity index (χ4v) is 6.60. The molecule has 36 heavy (non-hydrogen) atoms. The van der Waals surface area contributed by atoms with E-state index in [2.05, 4.69) is 42.5 Å². The molecule has 0 saturated heterocycles. The SMILES string of the molecule is CCOc1ccc2c(c1)SC(c1ccc(Cl)cc1)C1C(=N2)c2cc(Cl)ccc2OC1c1ccccc1. The molecule has 0 amide bonds. The average molecular weight is 532 g/mol. The molecule has 0 saturated carbocycles. The van der Waals surface area contributed by atoms with Gasteiger partial charge in [-0.15, -0.1) is 11.8 Å². The van der Waals surface area contributed by atoms with Gasteiger partial charge in [-0.05, 0) is 66.6 Å². The van der Waals surface area contributed by atoms with E-state index in [0.717, 1.165) is 44.5 Å². The average Bonchev–Trinajstić information content (AvgIpc) is 3.07. The molecule has 2 aliphatic rings. The summed E-state index contributed by atoms with van der Waals surface area (Å²) in [6.45, 7) is 2.60. The van der Waals surface area contributed by atoms with Gasteiger partial charge < -0.3 is 9.47 Å². The Labute approximate surface area is 225 Å². The van der Waals surface area contributed by atoms with Crippen LogP contribution in [0.5, 0.6) is 11.5 Å². The quantitative estimate of drug-likeness (QED) is 0.263. The number of rotatable bonds is 4. The minimum absolute atomic E-state index is 0.0106. The molecular weight excluding hydrogens is 509 g/mol. The summed E-state index contributed by atoms with van der Waals surface area (Å²) in [5, 5.41) is 1.38. The molecule has 180 valence electrons. The second-order valence-electron chi connectivity index (χ2n) is 8.76. The van der Waals surface area contributed by atoms with Crippen molar-refractivity contribution in [2.75, 3.05) is 6.61 Å². The lowest BCUT2D eigenvalue weighted by molar-refractivity contribution is 0.156. The van der Waals surface area contributed by atoms with Gasteiger partial charge in [-0.25, -0.2) is 0 Å². The molecular formula is C30H23Cl2NO2S. The van der Waals surface area contributed by atoms with Gasteiger partial charge in [0.15, 0.2) is 0 Å². The number of thioether (sulfide) groups is 1. The van der Waals surface area contributed by atoms with Crippen molar-refractivity contribution >= 4 is 46.4 Å². The standard InChI is InChI=1S/C30H23Cl2NO2S/c1-2-34-22-13-14-24-26(17-22)36-30(19-8-10-20(31)11-9-19)27-28(33-24)23-16-21(32)12-15-25(23)35-29(27)18-6-4-3-5-7-18/h3-17,27,29-30H,2H2,1H3. The Hall–Kier alpha value is -2.92. The van der Waals surface area contributed by atoms with Crippen LogP contribution in [-0.4, -0.2) is 12.3 Å². The molecule has 6 heteroatoms. The first-order chi connectivity index (χ1) is 17.6. The van der Waals surface area contributed by atoms with Crippen molar-refractivity contribution in [2.45, 2.75) is 23.2 Å². The van der Waals surface area contributed by atoms with E-state index in [1.165, 1.54) is 0 Å². The maximum absolute atomic E-state index is 6.73. The molecule has 2 heterocycles. The van der Waals surface area contributed by atoms with Gasteiger partial charge in [-0.2, -0.15) is 0 Å². The highest BCUT2D eigenvalue weighted by atomic mass is 35.5. The Bertz CT molecular complexity index is 1440. The summed E-state index contributed by atoms with van der Waals surface area (Å²) in [6.07, 6.45) is -0.229. The van der Waals surface area contributed by atoms with Gasteiger partial charge in [-0.1, -0.05) is 65.7 Å². The normalized spacial score (nSPS) is 20.2. The van der Waals surface area contributed by atoms with Crippen molar-refractivity contribution in [1.29, 1.82) is 0 Å². The van der Waals surface area contributed by atoms with Crippen LogP contribution in [0.25, 0.3) is 0 Å². The summed E-state index contributed by atoms with van der Waals surface area (Å²) >= 11 is 14.6. The number of fused-ring (bicyclic) bond motifs is 4. The van der Waals surface area contributed by atoms with Crippen LogP contribution in [0.15, 0.2) is 101 Å². The molecule has 3 unspecified atom stereocenters. The van der Waals surface area contributed by atoms with E-state index in [-0.39, 0.29) is 17.3 Å². The molecule has 3 nitrogen and oxygen atoms in total. The van der Waals surface area contributed by atoms with Crippen molar-refractivity contribution < 1.29 is 9.47 Å². The summed E-state index contributed by atoms with van der Waals surface area (Å²) in [7, 11) is 0. The molecule has 6 rings (SSSR count). The molecule has 3 atom stereocenters. The number of hydrogen-bond acceptors (Lipinski definition) is 4. The third-order valence-electron chi connectivity index (χ3n) is 6.50. The Balaban J connectivity index is 1.60. The predicted molar refractivity (Wildman–Crippen MR) is 149 cm³/mol. The molecule has 0 spiro atoms. The number of hydrogen-bond donors (Lipinski definition) is 0. The van der Waals surface area contributed by atoms with Crippen LogP contribution >= 0.6 is 35.0 Å². The van der Waals surface area contributed by atoms with Crippen LogP contribution in [0, 0.1) is 5.92 Å². The smallest absolute Gasteiger partial charge is 0.134 e. The third-order valence-corrected chi connectivity index (χ3v) is 8.39. The van der Waals surface area contributed by atoms with Crippen molar-refractivity contribution in [3.63, 3.8) is 0 Å². The summed E-state index contributed by atoms with van der Waals surface area (Å²) in [5.74, 6) is 1.55. The lowest BCUT2D eigenvalue weighted by Gasteiger charge is -2.38. The van der Waals surface area contributed by atoms with Crippen LogP contribution in [0.4, 0.5) is 5.69 Å². The number of ether oxygens (including phenoxy) is 2. The van der Waals surface area contributed by atoms with Crippen LogP contribution in [0.3, 0.4) is 0 Å². The van der Waals surface area contributed by atoms with E-state index < -0.39 is 0 Å². The van der Waals surface area contributed by atoms with Crippen LogP contribution in [0.2, 0.25) is 10.0 Å². The number of halogens is 2. The highest BCUT2D eigenvalue weighted by Crippen LogP contribution is 2.56. The first-order valence-electron chi connectivity index (χ1n) is 11.9. The Morgan fingerprint density at radius 2 is 1.64 bits per heavy atom. The van der Waals surface area contributed by atoms with Gasteiger partial charge in [0.2, 0.25) is 0 Å². The monoisotopic (exact) mass is 531 g/mol. The van der Waals surface area contributed by atoms with Crippen molar-refractivity contribution in [1.82, 2.24) is 0 Å². The second-order valence-corrected chi connectivity index (χ2v) is 10.8.